The van der Waals surface area contributed by atoms with Gasteiger partial charge < -0.3 is 10.2 Å². The normalized spacial score (nSPS) is 12.8. The first-order valence-electron chi connectivity index (χ1n) is 11.5. The predicted molar refractivity (Wildman–Crippen MR) is 144 cm³/mol. The van der Waals surface area contributed by atoms with Crippen LogP contribution in [0.3, 0.4) is 0 Å². The summed E-state index contributed by atoms with van der Waals surface area (Å²) >= 11 is 3.14. The monoisotopic (exact) mass is 616 g/mol. The van der Waals surface area contributed by atoms with Gasteiger partial charge in [0.05, 0.1) is 26.5 Å². The van der Waals surface area contributed by atoms with Crippen LogP contribution in [-0.2, 0) is 0 Å². The lowest BCUT2D eigenvalue weighted by Crippen LogP contribution is -2.22. The SMILES string of the molecule is O=C1c2cccc([N+](=O)[O-])c2C(=O)c2c(Br)ccc(O)c21.O=C1c2cccc([N+](=O)[O-])c2C(=O)c2cccc(O)c21. The molecule has 4 aromatic rings. The molecule has 0 saturated heterocycles. The fourth-order valence-electron chi connectivity index (χ4n) is 4.76. The van der Waals surface area contributed by atoms with Gasteiger partial charge in [-0.25, -0.2) is 0 Å². The molecule has 0 saturated carbocycles. The van der Waals surface area contributed by atoms with Crippen LogP contribution >= 0.6 is 15.9 Å². The van der Waals surface area contributed by atoms with Crippen LogP contribution in [0.2, 0.25) is 0 Å². The number of nitro benzene ring substituents is 2. The molecule has 12 nitrogen and oxygen atoms in total. The van der Waals surface area contributed by atoms with E-state index >= 15 is 0 Å². The Hall–Kier alpha value is -5.56. The van der Waals surface area contributed by atoms with Crippen LogP contribution < -0.4 is 0 Å². The molecule has 4 aromatic carbocycles. The van der Waals surface area contributed by atoms with E-state index in [0.29, 0.717) is 4.47 Å². The molecular formula is C28H13BrN2O10. The second-order valence-electron chi connectivity index (χ2n) is 8.75. The highest BCUT2D eigenvalue weighted by molar-refractivity contribution is 9.10. The van der Waals surface area contributed by atoms with Gasteiger partial charge in [-0.2, -0.15) is 0 Å². The lowest BCUT2D eigenvalue weighted by molar-refractivity contribution is -0.385. The Balaban J connectivity index is 0.000000165. The summed E-state index contributed by atoms with van der Waals surface area (Å²) in [6, 6.07) is 14.5. The first-order valence-corrected chi connectivity index (χ1v) is 12.3. The van der Waals surface area contributed by atoms with Gasteiger partial charge in [-0.3, -0.25) is 39.4 Å². The van der Waals surface area contributed by atoms with Crippen molar-refractivity contribution in [3.8, 4) is 11.5 Å². The van der Waals surface area contributed by atoms with Crippen molar-refractivity contribution in [2.45, 2.75) is 0 Å². The number of halogens is 1. The summed E-state index contributed by atoms with van der Waals surface area (Å²) in [5.41, 5.74) is -1.74. The van der Waals surface area contributed by atoms with Gasteiger partial charge in [0.1, 0.15) is 22.6 Å². The Labute approximate surface area is 236 Å². The zero-order valence-corrected chi connectivity index (χ0v) is 21.9. The molecule has 0 atom stereocenters. The van der Waals surface area contributed by atoms with E-state index in [0.717, 1.165) is 0 Å². The largest absolute Gasteiger partial charge is 0.507 e. The fraction of sp³-hybridized carbons (Fsp3) is 0. The third kappa shape index (κ3) is 4.15. The van der Waals surface area contributed by atoms with Crippen molar-refractivity contribution >= 4 is 50.4 Å². The summed E-state index contributed by atoms with van der Waals surface area (Å²) in [7, 11) is 0. The number of benzene rings is 4. The van der Waals surface area contributed by atoms with Crippen molar-refractivity contribution in [1.82, 2.24) is 0 Å². The number of nitrogens with zero attached hydrogens (tertiary/aromatic N) is 2. The van der Waals surface area contributed by atoms with Gasteiger partial charge in [-0.1, -0.05) is 40.2 Å². The molecule has 0 unspecified atom stereocenters. The summed E-state index contributed by atoms with van der Waals surface area (Å²) in [5.74, 6) is -3.12. The molecule has 0 aliphatic heterocycles. The molecule has 6 rings (SSSR count). The number of carbonyl (C=O) groups excluding carboxylic acids is 4. The van der Waals surface area contributed by atoms with Crippen LogP contribution in [-0.4, -0.2) is 43.2 Å². The molecule has 0 bridgehead atoms. The quantitative estimate of drug-likeness (QED) is 0.199. The molecule has 0 fully saturated rings. The number of ketones is 4. The van der Waals surface area contributed by atoms with Crippen molar-refractivity contribution in [1.29, 1.82) is 0 Å². The second kappa shape index (κ2) is 9.88. The molecule has 2 aliphatic rings. The van der Waals surface area contributed by atoms with Gasteiger partial charge in [-0.15, -0.1) is 0 Å². The third-order valence-corrected chi connectivity index (χ3v) is 7.18. The number of phenolic OH excluding ortho intramolecular Hbond substituents is 2. The molecule has 13 heteroatoms. The average Bonchev–Trinajstić information content (AvgIpc) is 2.95. The topological polar surface area (TPSA) is 195 Å². The standard InChI is InChI=1S/C14H6BrNO5.C14H7NO5/c15-7-4-5-9(17)12-11(7)14(19)10-6(13(12)18)2-1-3-8(10)16(20)21;16-10-6-2-4-8-12(10)14(18)7-3-1-5-9(15(19)20)11(7)13(8)17/h1-5,17H;1-6,16H. The maximum atomic E-state index is 12.6. The Bertz CT molecular complexity index is 1910. The first kappa shape index (κ1) is 27.0. The molecular weight excluding hydrogens is 604 g/mol. The van der Waals surface area contributed by atoms with Gasteiger partial charge in [0, 0.05) is 33.3 Å². The third-order valence-electron chi connectivity index (χ3n) is 6.52. The lowest BCUT2D eigenvalue weighted by atomic mass is 9.83. The second-order valence-corrected chi connectivity index (χ2v) is 9.60. The molecule has 0 spiro atoms. The number of carbonyl (C=O) groups is 4. The number of phenols is 2. The molecule has 2 N–H and O–H groups in total. The van der Waals surface area contributed by atoms with Crippen molar-refractivity contribution in [3.63, 3.8) is 0 Å². The van der Waals surface area contributed by atoms with Gasteiger partial charge in [0.25, 0.3) is 11.4 Å². The molecule has 0 radical (unpaired) electrons. The van der Waals surface area contributed by atoms with Crippen LogP contribution in [0, 0.1) is 20.2 Å². The highest BCUT2D eigenvalue weighted by Crippen LogP contribution is 2.40. The van der Waals surface area contributed by atoms with Gasteiger partial charge in [0.2, 0.25) is 11.6 Å². The van der Waals surface area contributed by atoms with Gasteiger partial charge in [-0.05, 0) is 30.3 Å². The summed E-state index contributed by atoms with van der Waals surface area (Å²) in [6.07, 6.45) is 0. The van der Waals surface area contributed by atoms with E-state index in [4.69, 9.17) is 0 Å². The van der Waals surface area contributed by atoms with Crippen LogP contribution in [0.25, 0.3) is 0 Å². The predicted octanol–water partition coefficient (Wildman–Crippen LogP) is 4.91. The summed E-state index contributed by atoms with van der Waals surface area (Å²) in [5, 5.41) is 41.7. The number of nitro groups is 2. The van der Waals surface area contributed by atoms with Gasteiger partial charge in [0.15, 0.2) is 11.6 Å². The van der Waals surface area contributed by atoms with Gasteiger partial charge >= 0.3 is 0 Å². The summed E-state index contributed by atoms with van der Waals surface area (Å²) < 4.78 is 0.303. The van der Waals surface area contributed by atoms with E-state index in [1.807, 2.05) is 0 Å². The van der Waals surface area contributed by atoms with Crippen molar-refractivity contribution in [2.75, 3.05) is 0 Å². The minimum atomic E-state index is -0.703. The number of rotatable bonds is 2. The fourth-order valence-corrected chi connectivity index (χ4v) is 5.27. The maximum absolute atomic E-state index is 12.6. The molecule has 0 amide bonds. The highest BCUT2D eigenvalue weighted by Gasteiger charge is 2.39. The summed E-state index contributed by atoms with van der Waals surface area (Å²) in [4.78, 5) is 70.3. The molecule has 0 heterocycles. The number of hydrogen-bond acceptors (Lipinski definition) is 10. The number of fused-ring (bicyclic) bond motifs is 4. The maximum Gasteiger partial charge on any atom is 0.281 e. The van der Waals surface area contributed by atoms with E-state index in [1.54, 1.807) is 0 Å². The van der Waals surface area contributed by atoms with Crippen molar-refractivity contribution < 1.29 is 39.2 Å². The molecule has 202 valence electrons. The van der Waals surface area contributed by atoms with E-state index in [2.05, 4.69) is 15.9 Å². The van der Waals surface area contributed by atoms with Crippen molar-refractivity contribution in [3.05, 3.63) is 136 Å². The van der Waals surface area contributed by atoms with Crippen LogP contribution in [0.15, 0.2) is 71.2 Å². The Kier molecular flexibility index (Phi) is 6.51. The lowest BCUT2D eigenvalue weighted by Gasteiger charge is -2.19. The molecule has 0 aromatic heterocycles. The van der Waals surface area contributed by atoms with E-state index in [9.17, 15) is 49.6 Å². The smallest absolute Gasteiger partial charge is 0.281 e. The summed E-state index contributed by atoms with van der Waals surface area (Å²) in [6.45, 7) is 0. The highest BCUT2D eigenvalue weighted by atomic mass is 79.9. The Morgan fingerprint density at radius 2 is 0.927 bits per heavy atom. The minimum Gasteiger partial charge on any atom is -0.507 e. The van der Waals surface area contributed by atoms with E-state index in [-0.39, 0.29) is 56.0 Å². The number of hydrogen-bond donors (Lipinski definition) is 2. The number of aromatic hydroxyl groups is 2. The average molecular weight is 617 g/mol. The first-order chi connectivity index (χ1) is 19.5. The minimum absolute atomic E-state index is 0.0169. The Morgan fingerprint density at radius 3 is 1.46 bits per heavy atom. The van der Waals surface area contributed by atoms with Crippen LogP contribution in [0.4, 0.5) is 11.4 Å². The Morgan fingerprint density at radius 1 is 0.512 bits per heavy atom. The van der Waals surface area contributed by atoms with E-state index in [1.165, 1.54) is 66.7 Å². The molecule has 41 heavy (non-hydrogen) atoms. The van der Waals surface area contributed by atoms with Crippen LogP contribution in [0.5, 0.6) is 11.5 Å². The zero-order chi connectivity index (χ0) is 29.7. The van der Waals surface area contributed by atoms with E-state index < -0.39 is 44.4 Å². The van der Waals surface area contributed by atoms with Crippen LogP contribution in [0.1, 0.15) is 63.7 Å². The van der Waals surface area contributed by atoms with Crippen molar-refractivity contribution in [2.24, 2.45) is 0 Å². The zero-order valence-electron chi connectivity index (χ0n) is 20.3. The molecule has 2 aliphatic carbocycles.